The number of nitrogens with zero attached hydrogens (tertiary/aromatic N) is 4. The third-order valence-electron chi connectivity index (χ3n) is 7.33. The summed E-state index contributed by atoms with van der Waals surface area (Å²) in [7, 11) is 0. The fraction of sp³-hybridized carbons (Fsp3) is 0.600. The van der Waals surface area contributed by atoms with Gasteiger partial charge in [0, 0.05) is 36.3 Å². The van der Waals surface area contributed by atoms with Crippen LogP contribution >= 0.6 is 11.6 Å². The Bertz CT molecular complexity index is 908. The van der Waals surface area contributed by atoms with Gasteiger partial charge in [-0.05, 0) is 82.3 Å². The number of fused-ring (bicyclic) bond motifs is 1. The number of benzene rings is 1. The van der Waals surface area contributed by atoms with E-state index < -0.39 is 0 Å². The summed E-state index contributed by atoms with van der Waals surface area (Å²) in [5, 5.41) is 0.722. The van der Waals surface area contributed by atoms with Gasteiger partial charge in [0.2, 0.25) is 0 Å². The molecule has 0 atom stereocenters. The maximum Gasteiger partial charge on any atom is 0.274 e. The molecular formula is C25H33ClN4O. The summed E-state index contributed by atoms with van der Waals surface area (Å²) < 4.78 is 2.30. The highest BCUT2D eigenvalue weighted by molar-refractivity contribution is 6.30. The van der Waals surface area contributed by atoms with Crippen molar-refractivity contribution in [1.82, 2.24) is 19.4 Å². The first kappa shape index (κ1) is 21.0. The van der Waals surface area contributed by atoms with E-state index in [1.54, 1.807) is 0 Å². The molecule has 3 aliphatic heterocycles. The number of hydrogen-bond acceptors (Lipinski definition) is 3. The van der Waals surface area contributed by atoms with E-state index in [2.05, 4.69) is 14.4 Å². The molecule has 1 aromatic carbocycles. The van der Waals surface area contributed by atoms with Gasteiger partial charge in [0.15, 0.2) is 0 Å². The zero-order chi connectivity index (χ0) is 21.2. The number of hydrogen-bond donors (Lipinski definition) is 0. The fourth-order valence-corrected chi connectivity index (χ4v) is 5.70. The van der Waals surface area contributed by atoms with Crippen molar-refractivity contribution in [2.45, 2.75) is 70.4 Å². The number of imidazole rings is 1. The highest BCUT2D eigenvalue weighted by atomic mass is 35.5. The first-order valence-corrected chi connectivity index (χ1v) is 12.5. The Morgan fingerprint density at radius 2 is 1.55 bits per heavy atom. The Morgan fingerprint density at radius 1 is 0.871 bits per heavy atom. The van der Waals surface area contributed by atoms with Gasteiger partial charge in [0.1, 0.15) is 11.5 Å². The van der Waals surface area contributed by atoms with Crippen LogP contribution in [-0.2, 0) is 13.0 Å². The molecule has 0 N–H and O–H groups in total. The van der Waals surface area contributed by atoms with Crippen LogP contribution < -0.4 is 0 Å². The van der Waals surface area contributed by atoms with E-state index in [0.29, 0.717) is 11.7 Å². The molecule has 6 heteroatoms. The maximum atomic E-state index is 13.6. The van der Waals surface area contributed by atoms with Gasteiger partial charge in [0.05, 0.1) is 5.69 Å². The molecule has 0 bridgehead atoms. The number of halogens is 1. The molecule has 4 heterocycles. The largest absolute Gasteiger partial charge is 0.337 e. The topological polar surface area (TPSA) is 41.4 Å². The third kappa shape index (κ3) is 4.40. The predicted molar refractivity (Wildman–Crippen MR) is 125 cm³/mol. The van der Waals surface area contributed by atoms with Crippen molar-refractivity contribution in [2.24, 2.45) is 0 Å². The normalized spacial score (nSPS) is 21.0. The summed E-state index contributed by atoms with van der Waals surface area (Å²) in [6.45, 7) is 5.10. The maximum absolute atomic E-state index is 13.6. The first-order valence-electron chi connectivity index (χ1n) is 12.1. The molecule has 31 heavy (non-hydrogen) atoms. The molecule has 0 unspecified atom stereocenters. The molecule has 0 radical (unpaired) electrons. The molecule has 3 aliphatic rings. The lowest BCUT2D eigenvalue weighted by Gasteiger charge is -2.40. The Morgan fingerprint density at radius 3 is 2.29 bits per heavy atom. The Hall–Kier alpha value is -1.85. The number of likely N-dealkylation sites (tertiary alicyclic amines) is 2. The molecule has 2 saturated heterocycles. The minimum absolute atomic E-state index is 0.128. The van der Waals surface area contributed by atoms with Crippen LogP contribution in [0.3, 0.4) is 0 Å². The highest BCUT2D eigenvalue weighted by Crippen LogP contribution is 2.30. The smallest absolute Gasteiger partial charge is 0.274 e. The Kier molecular flexibility index (Phi) is 6.33. The van der Waals surface area contributed by atoms with Crippen molar-refractivity contribution in [2.75, 3.05) is 26.2 Å². The number of aromatic nitrogens is 2. The number of piperidine rings is 2. The average Bonchev–Trinajstić information content (AvgIpc) is 3.00. The summed E-state index contributed by atoms with van der Waals surface area (Å²) in [6, 6.07) is 8.49. The van der Waals surface area contributed by atoms with Crippen molar-refractivity contribution >= 4 is 17.5 Å². The number of carbonyl (C=O) groups excluding carboxylic acids is 1. The van der Waals surface area contributed by atoms with Gasteiger partial charge < -0.3 is 14.4 Å². The van der Waals surface area contributed by atoms with Gasteiger partial charge in [-0.25, -0.2) is 4.98 Å². The van der Waals surface area contributed by atoms with E-state index in [1.165, 1.54) is 38.8 Å². The van der Waals surface area contributed by atoms with Crippen molar-refractivity contribution in [3.8, 4) is 11.4 Å². The van der Waals surface area contributed by atoms with Crippen LogP contribution in [0.25, 0.3) is 11.4 Å². The Balaban J connectivity index is 1.37. The van der Waals surface area contributed by atoms with Crippen LogP contribution in [0.1, 0.15) is 67.5 Å². The summed E-state index contributed by atoms with van der Waals surface area (Å²) >= 11 is 6.10. The standard InChI is InChI=1S/C25H33ClN4O/c26-20-10-8-19(9-11-20)24-27-23(22-7-3-1-6-16-30(22)24)25(31)29-17-12-21(13-18-29)28-14-4-2-5-15-28/h8-11,21H,1-7,12-18H2. The molecule has 166 valence electrons. The molecule has 1 aromatic heterocycles. The van der Waals surface area contributed by atoms with E-state index in [-0.39, 0.29) is 5.91 Å². The zero-order valence-corrected chi connectivity index (χ0v) is 19.1. The number of amides is 1. The summed E-state index contributed by atoms with van der Waals surface area (Å²) in [5.41, 5.74) is 2.85. The lowest BCUT2D eigenvalue weighted by Crippen LogP contribution is -2.48. The molecule has 2 aromatic rings. The fourth-order valence-electron chi connectivity index (χ4n) is 5.58. The van der Waals surface area contributed by atoms with Crippen LogP contribution in [-0.4, -0.2) is 57.5 Å². The Labute approximate surface area is 190 Å². The van der Waals surface area contributed by atoms with E-state index in [1.807, 2.05) is 24.3 Å². The predicted octanol–water partition coefficient (Wildman–Crippen LogP) is 5.02. The molecule has 0 saturated carbocycles. The van der Waals surface area contributed by atoms with Gasteiger partial charge in [-0.1, -0.05) is 24.4 Å². The summed E-state index contributed by atoms with van der Waals surface area (Å²) in [6.07, 6.45) is 10.6. The van der Waals surface area contributed by atoms with E-state index >= 15 is 0 Å². The van der Waals surface area contributed by atoms with Crippen molar-refractivity contribution < 1.29 is 4.79 Å². The van der Waals surface area contributed by atoms with Crippen molar-refractivity contribution in [3.05, 3.63) is 40.7 Å². The highest BCUT2D eigenvalue weighted by Gasteiger charge is 2.31. The third-order valence-corrected chi connectivity index (χ3v) is 7.58. The quantitative estimate of drug-likeness (QED) is 0.672. The number of carbonyl (C=O) groups is 1. The molecule has 0 aliphatic carbocycles. The average molecular weight is 441 g/mol. The minimum Gasteiger partial charge on any atom is -0.337 e. The SMILES string of the molecule is O=C(c1nc(-c2ccc(Cl)cc2)n2c1CCCCC2)N1CCC(N2CCCCC2)CC1. The van der Waals surface area contributed by atoms with Gasteiger partial charge >= 0.3 is 0 Å². The van der Waals surface area contributed by atoms with Gasteiger partial charge in [-0.3, -0.25) is 4.79 Å². The van der Waals surface area contributed by atoms with Gasteiger partial charge in [0.25, 0.3) is 5.91 Å². The number of rotatable bonds is 3. The van der Waals surface area contributed by atoms with Crippen LogP contribution in [0.15, 0.2) is 24.3 Å². The lowest BCUT2D eigenvalue weighted by atomic mass is 9.99. The second-order valence-electron chi connectivity index (χ2n) is 9.32. The molecular weight excluding hydrogens is 408 g/mol. The lowest BCUT2D eigenvalue weighted by molar-refractivity contribution is 0.0584. The van der Waals surface area contributed by atoms with Gasteiger partial charge in [-0.2, -0.15) is 0 Å². The summed E-state index contributed by atoms with van der Waals surface area (Å²) in [5.74, 6) is 1.04. The van der Waals surface area contributed by atoms with Crippen LogP contribution in [0.4, 0.5) is 0 Å². The van der Waals surface area contributed by atoms with Crippen LogP contribution in [0.5, 0.6) is 0 Å². The van der Waals surface area contributed by atoms with E-state index in [4.69, 9.17) is 16.6 Å². The monoisotopic (exact) mass is 440 g/mol. The van der Waals surface area contributed by atoms with Gasteiger partial charge in [-0.15, -0.1) is 0 Å². The molecule has 5 rings (SSSR count). The second kappa shape index (κ2) is 9.33. The molecule has 0 spiro atoms. The van der Waals surface area contributed by atoms with Crippen molar-refractivity contribution in [1.29, 1.82) is 0 Å². The molecule has 1 amide bonds. The van der Waals surface area contributed by atoms with Crippen molar-refractivity contribution in [3.63, 3.8) is 0 Å². The summed E-state index contributed by atoms with van der Waals surface area (Å²) in [4.78, 5) is 23.2. The molecule has 5 nitrogen and oxygen atoms in total. The van der Waals surface area contributed by atoms with Crippen LogP contribution in [0, 0.1) is 0 Å². The second-order valence-corrected chi connectivity index (χ2v) is 9.76. The zero-order valence-electron chi connectivity index (χ0n) is 18.4. The van der Waals surface area contributed by atoms with Crippen LogP contribution in [0.2, 0.25) is 5.02 Å². The van der Waals surface area contributed by atoms with E-state index in [9.17, 15) is 4.79 Å². The molecule has 2 fully saturated rings. The first-order chi connectivity index (χ1) is 15.2. The van der Waals surface area contributed by atoms with E-state index in [0.717, 1.165) is 73.8 Å². The minimum atomic E-state index is 0.128.